The van der Waals surface area contributed by atoms with Crippen molar-refractivity contribution in [2.45, 2.75) is 32.3 Å². The van der Waals surface area contributed by atoms with Crippen LogP contribution >= 0.6 is 0 Å². The molecule has 1 aromatic heterocycles. The predicted octanol–water partition coefficient (Wildman–Crippen LogP) is 3.25. The largest absolute Gasteiger partial charge is 0.376 e. The number of aromatic nitrogens is 1. The molecule has 0 spiro atoms. The third kappa shape index (κ3) is 4.42. The minimum absolute atomic E-state index is 0.0570. The number of hydrogen-bond acceptors (Lipinski definition) is 3. The van der Waals surface area contributed by atoms with Crippen molar-refractivity contribution in [3.05, 3.63) is 65.5 Å². The van der Waals surface area contributed by atoms with Crippen molar-refractivity contribution in [1.82, 2.24) is 9.88 Å². The Morgan fingerprint density at radius 1 is 1.29 bits per heavy atom. The van der Waals surface area contributed by atoms with Gasteiger partial charge < -0.3 is 9.64 Å². The molecule has 0 aliphatic carbocycles. The third-order valence-electron chi connectivity index (χ3n) is 4.36. The van der Waals surface area contributed by atoms with Gasteiger partial charge in [0.25, 0.3) is 5.91 Å². The Labute approximate surface area is 143 Å². The highest BCUT2D eigenvalue weighted by atomic mass is 16.5. The van der Waals surface area contributed by atoms with Gasteiger partial charge in [-0.15, -0.1) is 0 Å². The Morgan fingerprint density at radius 3 is 2.92 bits per heavy atom. The summed E-state index contributed by atoms with van der Waals surface area (Å²) in [6.45, 7) is 4.13. The fourth-order valence-corrected chi connectivity index (χ4v) is 3.07. The zero-order valence-electron chi connectivity index (χ0n) is 14.1. The average Bonchev–Trinajstić information content (AvgIpc) is 3.08. The van der Waals surface area contributed by atoms with Crippen molar-refractivity contribution >= 4 is 5.91 Å². The van der Waals surface area contributed by atoms with E-state index in [0.29, 0.717) is 12.1 Å². The molecule has 4 heteroatoms. The maximum absolute atomic E-state index is 12.5. The molecule has 0 bridgehead atoms. The first kappa shape index (κ1) is 16.7. The summed E-state index contributed by atoms with van der Waals surface area (Å²) >= 11 is 0. The molecule has 3 rings (SSSR count). The molecular weight excluding hydrogens is 300 g/mol. The SMILES string of the molecule is Cc1cncc(C(=O)N2CC[C@@H](OCCCc3ccccc3)C2)c1. The second-order valence-electron chi connectivity index (χ2n) is 6.37. The Morgan fingerprint density at radius 2 is 2.12 bits per heavy atom. The molecule has 1 aliphatic heterocycles. The first-order valence-corrected chi connectivity index (χ1v) is 8.59. The van der Waals surface area contributed by atoms with Gasteiger partial charge in [0.15, 0.2) is 0 Å². The van der Waals surface area contributed by atoms with E-state index in [9.17, 15) is 4.79 Å². The maximum atomic E-state index is 12.5. The van der Waals surface area contributed by atoms with Crippen LogP contribution in [0, 0.1) is 6.92 Å². The van der Waals surface area contributed by atoms with E-state index in [0.717, 1.165) is 38.0 Å². The van der Waals surface area contributed by atoms with Crippen molar-refractivity contribution < 1.29 is 9.53 Å². The van der Waals surface area contributed by atoms with Gasteiger partial charge in [-0.1, -0.05) is 30.3 Å². The van der Waals surface area contributed by atoms with Gasteiger partial charge in [-0.2, -0.15) is 0 Å². The van der Waals surface area contributed by atoms with Crippen molar-refractivity contribution in [2.75, 3.05) is 19.7 Å². The zero-order valence-corrected chi connectivity index (χ0v) is 14.1. The summed E-state index contributed by atoms with van der Waals surface area (Å²) in [5.74, 6) is 0.0570. The van der Waals surface area contributed by atoms with E-state index in [2.05, 4.69) is 29.2 Å². The van der Waals surface area contributed by atoms with E-state index in [1.54, 1.807) is 12.4 Å². The van der Waals surface area contributed by atoms with Gasteiger partial charge in [0, 0.05) is 32.1 Å². The van der Waals surface area contributed by atoms with Crippen LogP contribution < -0.4 is 0 Å². The molecule has 1 aliphatic rings. The third-order valence-corrected chi connectivity index (χ3v) is 4.36. The number of nitrogens with zero attached hydrogens (tertiary/aromatic N) is 2. The first-order valence-electron chi connectivity index (χ1n) is 8.59. The molecule has 126 valence electrons. The highest BCUT2D eigenvalue weighted by Gasteiger charge is 2.27. The second kappa shape index (κ2) is 8.06. The van der Waals surface area contributed by atoms with E-state index < -0.39 is 0 Å². The Balaban J connectivity index is 1.41. The molecule has 1 atom stereocenters. The second-order valence-corrected chi connectivity index (χ2v) is 6.37. The number of hydrogen-bond donors (Lipinski definition) is 0. The van der Waals surface area contributed by atoms with Crippen molar-refractivity contribution in [1.29, 1.82) is 0 Å². The molecule has 1 aromatic carbocycles. The van der Waals surface area contributed by atoms with Crippen molar-refractivity contribution in [3.63, 3.8) is 0 Å². The number of aryl methyl sites for hydroxylation is 2. The van der Waals surface area contributed by atoms with Crippen LogP contribution in [0.5, 0.6) is 0 Å². The lowest BCUT2D eigenvalue weighted by Gasteiger charge is -2.17. The lowest BCUT2D eigenvalue weighted by molar-refractivity contribution is 0.0524. The molecule has 1 saturated heterocycles. The van der Waals surface area contributed by atoms with Crippen molar-refractivity contribution in [3.8, 4) is 0 Å². The molecule has 2 aromatic rings. The molecule has 1 fully saturated rings. The quantitative estimate of drug-likeness (QED) is 0.766. The number of benzene rings is 1. The van der Waals surface area contributed by atoms with Crippen molar-refractivity contribution in [2.24, 2.45) is 0 Å². The fourth-order valence-electron chi connectivity index (χ4n) is 3.07. The standard InChI is InChI=1S/C20H24N2O2/c1-16-12-18(14-21-13-16)20(23)22-10-9-19(15-22)24-11-5-8-17-6-3-2-4-7-17/h2-4,6-7,12-14,19H,5,8-11,15H2,1H3/t19-/m1/s1. The van der Waals surface area contributed by atoms with E-state index >= 15 is 0 Å². The Hall–Kier alpha value is -2.20. The topological polar surface area (TPSA) is 42.4 Å². The molecule has 0 N–H and O–H groups in total. The molecule has 0 radical (unpaired) electrons. The monoisotopic (exact) mass is 324 g/mol. The van der Waals surface area contributed by atoms with Gasteiger partial charge >= 0.3 is 0 Å². The van der Waals surface area contributed by atoms with Gasteiger partial charge in [0.05, 0.1) is 11.7 Å². The first-order chi connectivity index (χ1) is 11.7. The highest BCUT2D eigenvalue weighted by Crippen LogP contribution is 2.17. The molecule has 24 heavy (non-hydrogen) atoms. The molecule has 0 unspecified atom stereocenters. The van der Waals surface area contributed by atoms with Crippen LogP contribution in [0.15, 0.2) is 48.8 Å². The molecule has 0 saturated carbocycles. The van der Waals surface area contributed by atoms with Gasteiger partial charge in [-0.05, 0) is 43.4 Å². The minimum Gasteiger partial charge on any atom is -0.376 e. The Kier molecular flexibility index (Phi) is 5.59. The maximum Gasteiger partial charge on any atom is 0.255 e. The van der Waals surface area contributed by atoms with Crippen LogP contribution in [0.2, 0.25) is 0 Å². The average molecular weight is 324 g/mol. The van der Waals surface area contributed by atoms with E-state index in [1.807, 2.05) is 24.0 Å². The number of carbonyl (C=O) groups excluding carboxylic acids is 1. The smallest absolute Gasteiger partial charge is 0.255 e. The number of carbonyl (C=O) groups is 1. The molecule has 1 amide bonds. The number of amides is 1. The zero-order chi connectivity index (χ0) is 16.8. The van der Waals surface area contributed by atoms with Gasteiger partial charge in [0.2, 0.25) is 0 Å². The van der Waals surface area contributed by atoms with Crippen LogP contribution in [0.25, 0.3) is 0 Å². The molecule has 2 heterocycles. The molecular formula is C20H24N2O2. The summed E-state index contributed by atoms with van der Waals surface area (Å²) in [6.07, 6.45) is 6.52. The lowest BCUT2D eigenvalue weighted by Crippen LogP contribution is -2.30. The number of rotatable bonds is 6. The normalized spacial score (nSPS) is 17.2. The summed E-state index contributed by atoms with van der Waals surface area (Å²) in [4.78, 5) is 18.5. The summed E-state index contributed by atoms with van der Waals surface area (Å²) in [5, 5.41) is 0. The summed E-state index contributed by atoms with van der Waals surface area (Å²) in [6, 6.07) is 12.3. The van der Waals surface area contributed by atoms with E-state index in [1.165, 1.54) is 5.56 Å². The number of pyridine rings is 1. The van der Waals surface area contributed by atoms with Crippen LogP contribution in [-0.4, -0.2) is 41.6 Å². The van der Waals surface area contributed by atoms with Crippen LogP contribution in [-0.2, 0) is 11.2 Å². The van der Waals surface area contributed by atoms with E-state index in [-0.39, 0.29) is 12.0 Å². The summed E-state index contributed by atoms with van der Waals surface area (Å²) < 4.78 is 5.96. The lowest BCUT2D eigenvalue weighted by atomic mass is 10.1. The molecule has 4 nitrogen and oxygen atoms in total. The summed E-state index contributed by atoms with van der Waals surface area (Å²) in [5.41, 5.74) is 3.02. The summed E-state index contributed by atoms with van der Waals surface area (Å²) in [7, 11) is 0. The Bertz CT molecular complexity index is 672. The van der Waals surface area contributed by atoms with Gasteiger partial charge in [0.1, 0.15) is 0 Å². The van der Waals surface area contributed by atoms with Crippen LogP contribution in [0.1, 0.15) is 34.3 Å². The number of ether oxygens (including phenoxy) is 1. The van der Waals surface area contributed by atoms with Gasteiger partial charge in [-0.25, -0.2) is 0 Å². The van der Waals surface area contributed by atoms with E-state index in [4.69, 9.17) is 4.74 Å². The predicted molar refractivity (Wildman–Crippen MR) is 94.0 cm³/mol. The minimum atomic E-state index is 0.0570. The van der Waals surface area contributed by atoms with Gasteiger partial charge in [-0.3, -0.25) is 9.78 Å². The van der Waals surface area contributed by atoms with Crippen LogP contribution in [0.4, 0.5) is 0 Å². The highest BCUT2D eigenvalue weighted by molar-refractivity contribution is 5.94. The fraction of sp³-hybridized carbons (Fsp3) is 0.400. The van der Waals surface area contributed by atoms with Crippen LogP contribution in [0.3, 0.4) is 0 Å². The number of likely N-dealkylation sites (tertiary alicyclic amines) is 1.